The number of anilines is 4. The summed E-state index contributed by atoms with van der Waals surface area (Å²) in [7, 11) is 0. The number of aryl methyl sites for hydroxylation is 1. The molecule has 0 saturated heterocycles. The van der Waals surface area contributed by atoms with E-state index >= 15 is 0 Å². The largest absolute Gasteiger partial charge is 0.509 e. The average molecular weight is 887 g/mol. The van der Waals surface area contributed by atoms with Crippen LogP contribution in [0.4, 0.5) is 27.1 Å². The molecule has 1 aliphatic heterocycles. The van der Waals surface area contributed by atoms with Crippen LogP contribution in [0.15, 0.2) is 140 Å². The summed E-state index contributed by atoms with van der Waals surface area (Å²) in [6, 6.07) is 50.9. The first kappa shape index (κ1) is 35.3. The molecule has 0 aliphatic carbocycles. The van der Waals surface area contributed by atoms with Crippen molar-refractivity contribution in [2.45, 2.75) is 33.1 Å². The zero-order valence-electron chi connectivity index (χ0n) is 30.2. The number of rotatable bonds is 6. The van der Waals surface area contributed by atoms with E-state index in [1.807, 2.05) is 59.3 Å². The summed E-state index contributed by atoms with van der Waals surface area (Å²) in [6.07, 6.45) is 1.90. The number of pyridine rings is 1. The van der Waals surface area contributed by atoms with E-state index < -0.39 is 0 Å². The summed E-state index contributed by atoms with van der Waals surface area (Å²) in [5.74, 6) is 1.48. The molecular weight excluding hydrogens is 851 g/mol. The number of para-hydroxylation sites is 2. The molecule has 6 aromatic carbocycles. The topological polar surface area (TPSA) is 33.5 Å². The number of benzene rings is 6. The first-order chi connectivity index (χ1) is 25.7. The molecule has 0 saturated carbocycles. The molecule has 0 atom stereocenters. The zero-order chi connectivity index (χ0) is 36.3. The van der Waals surface area contributed by atoms with Gasteiger partial charge in [0.2, 0.25) is 0 Å². The molecule has 7 heteroatoms. The Kier molecular flexibility index (Phi) is 9.11. The van der Waals surface area contributed by atoms with Gasteiger partial charge in [0.1, 0.15) is 11.6 Å². The molecule has 270 valence electrons. The number of ether oxygens (including phenoxy) is 1. The van der Waals surface area contributed by atoms with Crippen molar-refractivity contribution in [3.63, 3.8) is 0 Å². The van der Waals surface area contributed by atoms with Gasteiger partial charge in [0.15, 0.2) is 0 Å². The van der Waals surface area contributed by atoms with Gasteiger partial charge in [0, 0.05) is 66.9 Å². The first-order valence-corrected chi connectivity index (χ1v) is 17.7. The Morgan fingerprint density at radius 1 is 0.704 bits per heavy atom. The maximum Gasteiger partial charge on any atom is 0.135 e. The molecule has 3 heterocycles. The van der Waals surface area contributed by atoms with E-state index in [9.17, 15) is 4.39 Å². The van der Waals surface area contributed by atoms with Gasteiger partial charge in [-0.15, -0.1) is 48.1 Å². The fourth-order valence-electron chi connectivity index (χ4n) is 7.16. The number of hydrogen-bond acceptors (Lipinski definition) is 4. The van der Waals surface area contributed by atoms with E-state index in [-0.39, 0.29) is 32.3 Å². The molecule has 0 unspecified atom stereocenters. The summed E-state index contributed by atoms with van der Waals surface area (Å²) in [4.78, 5) is 9.26. The van der Waals surface area contributed by atoms with Crippen molar-refractivity contribution in [1.29, 1.82) is 0 Å². The van der Waals surface area contributed by atoms with Gasteiger partial charge in [0.25, 0.3) is 0 Å². The normalized spacial score (nSPS) is 12.6. The zero-order valence-corrected chi connectivity index (χ0v) is 32.5. The van der Waals surface area contributed by atoms with Crippen LogP contribution >= 0.6 is 0 Å². The molecule has 5 nitrogen and oxygen atoms in total. The molecule has 9 rings (SSSR count). The predicted molar refractivity (Wildman–Crippen MR) is 213 cm³/mol. The molecule has 54 heavy (non-hydrogen) atoms. The van der Waals surface area contributed by atoms with Crippen LogP contribution in [-0.4, -0.2) is 9.55 Å². The van der Waals surface area contributed by atoms with Crippen molar-refractivity contribution >= 4 is 44.6 Å². The van der Waals surface area contributed by atoms with Crippen LogP contribution in [0.25, 0.3) is 38.8 Å². The van der Waals surface area contributed by atoms with Crippen molar-refractivity contribution < 1.29 is 30.2 Å². The number of nitrogens with zero attached hydrogens (tertiary/aromatic N) is 4. The van der Waals surface area contributed by atoms with E-state index in [1.165, 1.54) is 11.6 Å². The van der Waals surface area contributed by atoms with E-state index in [1.54, 1.807) is 12.1 Å². The van der Waals surface area contributed by atoms with E-state index in [0.29, 0.717) is 11.5 Å². The van der Waals surface area contributed by atoms with E-state index in [4.69, 9.17) is 9.72 Å². The third-order valence-corrected chi connectivity index (χ3v) is 9.88. The van der Waals surface area contributed by atoms with Crippen LogP contribution < -0.4 is 14.5 Å². The Labute approximate surface area is 329 Å². The van der Waals surface area contributed by atoms with Crippen LogP contribution in [0.1, 0.15) is 31.9 Å². The second kappa shape index (κ2) is 13.9. The molecule has 8 aromatic rings. The van der Waals surface area contributed by atoms with Gasteiger partial charge in [-0.05, 0) is 82.9 Å². The van der Waals surface area contributed by atoms with Gasteiger partial charge < -0.3 is 19.1 Å². The van der Waals surface area contributed by atoms with Gasteiger partial charge in [-0.25, -0.2) is 9.37 Å². The van der Waals surface area contributed by atoms with Crippen molar-refractivity contribution in [1.82, 2.24) is 9.55 Å². The maximum atomic E-state index is 14.6. The Hall–Kier alpha value is -5.71. The second-order valence-corrected chi connectivity index (χ2v) is 14.5. The minimum Gasteiger partial charge on any atom is -0.509 e. The fraction of sp³-hybridized carbons (Fsp3) is 0.106. The van der Waals surface area contributed by atoms with Gasteiger partial charge >= 0.3 is 0 Å². The number of halogens is 1. The van der Waals surface area contributed by atoms with Crippen LogP contribution in [0.5, 0.6) is 11.5 Å². The summed E-state index contributed by atoms with van der Waals surface area (Å²) in [5.41, 5.74) is 10.2. The minimum absolute atomic E-state index is 0. The SMILES string of the molecule is Cc1cc(-n2c3[c-]c(Oc4[c-]c(N5[CH-]N(c6cccc(C(C)(C)C)c6)c6ccccc65)ccc4)ccc3c3cc(F)ccc32)ncc1-c1ccccc1.[Pt]. The number of fused-ring (bicyclic) bond motifs is 4. The summed E-state index contributed by atoms with van der Waals surface area (Å²) < 4.78 is 23.1. The van der Waals surface area contributed by atoms with E-state index in [2.05, 4.69) is 123 Å². The molecule has 0 N–H and O–H groups in total. The third-order valence-electron chi connectivity index (χ3n) is 9.88. The fourth-order valence-corrected chi connectivity index (χ4v) is 7.16. The maximum absolute atomic E-state index is 14.6. The Morgan fingerprint density at radius 3 is 2.22 bits per heavy atom. The van der Waals surface area contributed by atoms with Crippen molar-refractivity contribution in [3.8, 4) is 28.4 Å². The van der Waals surface area contributed by atoms with Crippen molar-refractivity contribution in [3.05, 3.63) is 175 Å². The molecule has 0 bridgehead atoms. The number of hydrogen-bond donors (Lipinski definition) is 0. The Bertz CT molecular complexity index is 2660. The van der Waals surface area contributed by atoms with Gasteiger partial charge in [-0.3, -0.25) is 0 Å². The Balaban J connectivity index is 0.00000413. The second-order valence-electron chi connectivity index (χ2n) is 14.5. The van der Waals surface area contributed by atoms with Gasteiger partial charge in [0.05, 0.1) is 0 Å². The van der Waals surface area contributed by atoms with Gasteiger partial charge in [-0.2, -0.15) is 12.1 Å². The van der Waals surface area contributed by atoms with Gasteiger partial charge in [-0.1, -0.05) is 80.9 Å². The number of aromatic nitrogens is 2. The van der Waals surface area contributed by atoms with Crippen LogP contribution in [0.3, 0.4) is 0 Å². The van der Waals surface area contributed by atoms with Crippen molar-refractivity contribution in [2.75, 3.05) is 9.80 Å². The standard InChI is InChI=1S/C47H36FN4O.Pt/c1-31-24-46(49-29-41(31)32-12-6-5-7-13-32)52-42-23-20-34(48)26-40(42)39-22-21-38(28-45(39)52)53-37-17-11-16-36(27-37)51-30-50(43-18-8-9-19-44(43)51)35-15-10-14-33(25-35)47(2,3)4;/h5-26,29-30H,1-4H3;/q-3;. The molecule has 0 spiro atoms. The minimum atomic E-state index is -0.298. The quantitative estimate of drug-likeness (QED) is 0.156. The van der Waals surface area contributed by atoms with Crippen LogP contribution in [0, 0.1) is 31.5 Å². The van der Waals surface area contributed by atoms with Crippen molar-refractivity contribution in [2.24, 2.45) is 0 Å². The van der Waals surface area contributed by atoms with Crippen LogP contribution in [-0.2, 0) is 26.5 Å². The molecule has 0 amide bonds. The average Bonchev–Trinajstić information content (AvgIpc) is 3.71. The Morgan fingerprint density at radius 2 is 1.44 bits per heavy atom. The molecule has 0 radical (unpaired) electrons. The predicted octanol–water partition coefficient (Wildman–Crippen LogP) is 12.4. The van der Waals surface area contributed by atoms with E-state index in [0.717, 1.165) is 67.1 Å². The molecule has 0 fully saturated rings. The van der Waals surface area contributed by atoms with Crippen LogP contribution in [0.2, 0.25) is 0 Å². The summed E-state index contributed by atoms with van der Waals surface area (Å²) in [6.45, 7) is 10.9. The smallest absolute Gasteiger partial charge is 0.135 e. The molecule has 1 aliphatic rings. The monoisotopic (exact) mass is 886 g/mol. The third kappa shape index (κ3) is 6.35. The summed E-state index contributed by atoms with van der Waals surface area (Å²) in [5, 5.41) is 1.64. The molecular formula is C47H36FN4OPt-3. The molecule has 2 aromatic heterocycles. The summed E-state index contributed by atoms with van der Waals surface area (Å²) >= 11 is 0. The first-order valence-electron chi connectivity index (χ1n) is 17.7.